The van der Waals surface area contributed by atoms with Gasteiger partial charge in [0.1, 0.15) is 6.54 Å². The van der Waals surface area contributed by atoms with Crippen LogP contribution in [0.2, 0.25) is 0 Å². The molecule has 3 rings (SSSR count). The first kappa shape index (κ1) is 23.6. The maximum atomic E-state index is 12.5. The zero-order chi connectivity index (χ0) is 22.9. The summed E-state index contributed by atoms with van der Waals surface area (Å²) in [7, 11) is 0. The standard InChI is InChI=1S/C24H35N5O3/c1-3-13-29(19(2)30)18-23(31)25-21-9-11-22(12-10-21)27-14-16-28(17-15-27)24(32)26-20-7-5-4-6-8-20/h3,9-12,20H,1,4-8,13-18H2,2H3,(H,25,31)(H,26,32). The van der Waals surface area contributed by atoms with Gasteiger partial charge in [0.05, 0.1) is 0 Å². The molecule has 174 valence electrons. The normalized spacial score (nSPS) is 16.9. The highest BCUT2D eigenvalue weighted by Crippen LogP contribution is 2.21. The van der Waals surface area contributed by atoms with Crippen molar-refractivity contribution in [1.29, 1.82) is 0 Å². The summed E-state index contributed by atoms with van der Waals surface area (Å²) in [6.45, 7) is 8.33. The highest BCUT2D eigenvalue weighted by Gasteiger charge is 2.24. The Balaban J connectivity index is 1.45. The lowest BCUT2D eigenvalue weighted by Crippen LogP contribution is -2.53. The summed E-state index contributed by atoms with van der Waals surface area (Å²) in [5.41, 5.74) is 1.75. The quantitative estimate of drug-likeness (QED) is 0.637. The van der Waals surface area contributed by atoms with E-state index in [4.69, 9.17) is 0 Å². The van der Waals surface area contributed by atoms with Crippen LogP contribution in [0.5, 0.6) is 0 Å². The summed E-state index contributed by atoms with van der Waals surface area (Å²) >= 11 is 0. The SMILES string of the molecule is C=CCN(CC(=O)Nc1ccc(N2CCN(C(=O)NC3CCCCC3)CC2)cc1)C(C)=O. The van der Waals surface area contributed by atoms with Crippen molar-refractivity contribution in [2.45, 2.75) is 45.1 Å². The third-order valence-electron chi connectivity index (χ3n) is 6.15. The molecule has 32 heavy (non-hydrogen) atoms. The van der Waals surface area contributed by atoms with Gasteiger partial charge in [-0.2, -0.15) is 0 Å². The minimum absolute atomic E-state index is 0.00597. The van der Waals surface area contributed by atoms with E-state index in [0.29, 0.717) is 31.4 Å². The van der Waals surface area contributed by atoms with Gasteiger partial charge in [-0.15, -0.1) is 6.58 Å². The van der Waals surface area contributed by atoms with Crippen molar-refractivity contribution in [3.05, 3.63) is 36.9 Å². The maximum Gasteiger partial charge on any atom is 0.317 e. The lowest BCUT2D eigenvalue weighted by molar-refractivity contribution is -0.132. The average molecular weight is 442 g/mol. The fourth-order valence-electron chi connectivity index (χ4n) is 4.27. The third-order valence-corrected chi connectivity index (χ3v) is 6.15. The van der Waals surface area contributed by atoms with E-state index in [-0.39, 0.29) is 24.4 Å². The second-order valence-corrected chi connectivity index (χ2v) is 8.54. The molecule has 0 bridgehead atoms. The Hall–Kier alpha value is -3.03. The van der Waals surface area contributed by atoms with Gasteiger partial charge in [-0.1, -0.05) is 25.3 Å². The highest BCUT2D eigenvalue weighted by molar-refractivity contribution is 5.94. The van der Waals surface area contributed by atoms with Gasteiger partial charge in [0.15, 0.2) is 0 Å². The van der Waals surface area contributed by atoms with Gasteiger partial charge in [0.25, 0.3) is 0 Å². The van der Waals surface area contributed by atoms with Crippen molar-refractivity contribution in [2.75, 3.05) is 49.5 Å². The average Bonchev–Trinajstić information content (AvgIpc) is 2.80. The van der Waals surface area contributed by atoms with E-state index in [2.05, 4.69) is 22.1 Å². The number of hydrogen-bond donors (Lipinski definition) is 2. The number of nitrogens with zero attached hydrogens (tertiary/aromatic N) is 3. The van der Waals surface area contributed by atoms with Crippen molar-refractivity contribution in [3.8, 4) is 0 Å². The second kappa shape index (κ2) is 11.5. The van der Waals surface area contributed by atoms with E-state index in [0.717, 1.165) is 31.6 Å². The Bertz CT molecular complexity index is 796. The molecular weight excluding hydrogens is 406 g/mol. The lowest BCUT2D eigenvalue weighted by atomic mass is 9.96. The molecule has 1 saturated heterocycles. The molecule has 8 heteroatoms. The van der Waals surface area contributed by atoms with Crippen molar-refractivity contribution in [1.82, 2.24) is 15.1 Å². The minimum atomic E-state index is -0.243. The van der Waals surface area contributed by atoms with Gasteiger partial charge in [0.2, 0.25) is 11.8 Å². The van der Waals surface area contributed by atoms with Crippen molar-refractivity contribution < 1.29 is 14.4 Å². The van der Waals surface area contributed by atoms with Gasteiger partial charge < -0.3 is 25.3 Å². The molecule has 1 aromatic rings. The van der Waals surface area contributed by atoms with Crippen LogP contribution in [-0.2, 0) is 9.59 Å². The van der Waals surface area contributed by atoms with E-state index >= 15 is 0 Å². The summed E-state index contributed by atoms with van der Waals surface area (Å²) in [5.74, 6) is -0.408. The summed E-state index contributed by atoms with van der Waals surface area (Å²) in [5, 5.41) is 6.03. The fraction of sp³-hybridized carbons (Fsp3) is 0.542. The van der Waals surface area contributed by atoms with Gasteiger partial charge in [0, 0.05) is 57.1 Å². The van der Waals surface area contributed by atoms with Crippen LogP contribution < -0.4 is 15.5 Å². The number of hydrogen-bond acceptors (Lipinski definition) is 4. The molecule has 0 unspecified atom stereocenters. The van der Waals surface area contributed by atoms with Crippen LogP contribution >= 0.6 is 0 Å². The Kier molecular flexibility index (Phi) is 8.53. The van der Waals surface area contributed by atoms with E-state index in [9.17, 15) is 14.4 Å². The van der Waals surface area contributed by atoms with Crippen LogP contribution in [0.4, 0.5) is 16.2 Å². The lowest BCUT2D eigenvalue weighted by Gasteiger charge is -2.37. The van der Waals surface area contributed by atoms with Gasteiger partial charge in [-0.05, 0) is 37.1 Å². The highest BCUT2D eigenvalue weighted by atomic mass is 16.2. The molecule has 0 aromatic heterocycles. The molecule has 1 aromatic carbocycles. The number of carbonyl (C=O) groups is 3. The summed E-state index contributed by atoms with van der Waals surface area (Å²) in [6, 6.07) is 8.06. The number of piperazine rings is 1. The molecule has 2 N–H and O–H groups in total. The molecule has 1 aliphatic heterocycles. The van der Waals surface area contributed by atoms with E-state index in [1.807, 2.05) is 29.2 Å². The van der Waals surface area contributed by atoms with Crippen LogP contribution in [0.25, 0.3) is 0 Å². The summed E-state index contributed by atoms with van der Waals surface area (Å²) in [4.78, 5) is 41.9. The molecule has 0 radical (unpaired) electrons. The van der Waals surface area contributed by atoms with E-state index < -0.39 is 0 Å². The molecule has 0 spiro atoms. The number of carbonyl (C=O) groups excluding carboxylic acids is 3. The van der Waals surface area contributed by atoms with Crippen molar-refractivity contribution in [3.63, 3.8) is 0 Å². The largest absolute Gasteiger partial charge is 0.368 e. The number of amides is 4. The molecule has 4 amide bonds. The van der Waals surface area contributed by atoms with Crippen LogP contribution in [0.1, 0.15) is 39.0 Å². The molecule has 0 atom stereocenters. The smallest absolute Gasteiger partial charge is 0.317 e. The number of urea groups is 1. The molecular formula is C24H35N5O3. The Labute approximate surface area is 190 Å². The maximum absolute atomic E-state index is 12.5. The zero-order valence-corrected chi connectivity index (χ0v) is 19.0. The van der Waals surface area contributed by atoms with Crippen LogP contribution in [0.15, 0.2) is 36.9 Å². The first-order valence-corrected chi connectivity index (χ1v) is 11.5. The predicted molar refractivity (Wildman–Crippen MR) is 127 cm³/mol. The first-order chi connectivity index (χ1) is 15.5. The molecule has 2 aliphatic rings. The number of benzene rings is 1. The summed E-state index contributed by atoms with van der Waals surface area (Å²) < 4.78 is 0. The van der Waals surface area contributed by atoms with Crippen LogP contribution in [-0.4, -0.2) is 73.0 Å². The second-order valence-electron chi connectivity index (χ2n) is 8.54. The number of anilines is 2. The van der Waals surface area contributed by atoms with Crippen molar-refractivity contribution in [2.24, 2.45) is 0 Å². The molecule has 1 heterocycles. The molecule has 8 nitrogen and oxygen atoms in total. The number of rotatable bonds is 7. The molecule has 1 aliphatic carbocycles. The summed E-state index contributed by atoms with van der Waals surface area (Å²) in [6.07, 6.45) is 7.48. The predicted octanol–water partition coefficient (Wildman–Crippen LogP) is 2.82. The molecule has 2 fully saturated rings. The Morgan fingerprint density at radius 3 is 2.31 bits per heavy atom. The minimum Gasteiger partial charge on any atom is -0.368 e. The Morgan fingerprint density at radius 1 is 1.06 bits per heavy atom. The first-order valence-electron chi connectivity index (χ1n) is 11.5. The zero-order valence-electron chi connectivity index (χ0n) is 19.0. The van der Waals surface area contributed by atoms with E-state index in [1.165, 1.54) is 31.1 Å². The van der Waals surface area contributed by atoms with Gasteiger partial charge in [-0.3, -0.25) is 9.59 Å². The Morgan fingerprint density at radius 2 is 1.72 bits per heavy atom. The topological polar surface area (TPSA) is 85.0 Å². The third kappa shape index (κ3) is 6.73. The monoisotopic (exact) mass is 441 g/mol. The fourth-order valence-corrected chi connectivity index (χ4v) is 4.27. The van der Waals surface area contributed by atoms with Crippen molar-refractivity contribution >= 4 is 29.2 Å². The van der Waals surface area contributed by atoms with Gasteiger partial charge in [-0.25, -0.2) is 4.79 Å². The van der Waals surface area contributed by atoms with Gasteiger partial charge >= 0.3 is 6.03 Å². The van der Waals surface area contributed by atoms with Crippen LogP contribution in [0, 0.1) is 0 Å². The number of nitrogens with one attached hydrogen (secondary N) is 2. The molecule has 1 saturated carbocycles. The van der Waals surface area contributed by atoms with Crippen LogP contribution in [0.3, 0.4) is 0 Å². The van der Waals surface area contributed by atoms with E-state index in [1.54, 1.807) is 6.08 Å².